The van der Waals surface area contributed by atoms with Crippen molar-refractivity contribution in [3.05, 3.63) is 89.7 Å². The van der Waals surface area contributed by atoms with Gasteiger partial charge in [-0.25, -0.2) is 0 Å². The summed E-state index contributed by atoms with van der Waals surface area (Å²) < 4.78 is 6.18. The molecule has 0 bridgehead atoms. The van der Waals surface area contributed by atoms with E-state index in [1.807, 2.05) is 30.3 Å². The molecule has 2 aliphatic rings. The van der Waals surface area contributed by atoms with Gasteiger partial charge in [0.25, 0.3) is 5.91 Å². The van der Waals surface area contributed by atoms with Crippen LogP contribution in [0.5, 0.6) is 5.75 Å². The Morgan fingerprint density at radius 2 is 1.82 bits per heavy atom. The second-order valence-electron chi connectivity index (χ2n) is 9.15. The van der Waals surface area contributed by atoms with E-state index in [-0.39, 0.29) is 12.0 Å². The maximum atomic E-state index is 12.5. The zero-order valence-corrected chi connectivity index (χ0v) is 19.5. The average Bonchev–Trinajstić information content (AvgIpc) is 2.91. The third kappa shape index (κ3) is 5.57. The molecule has 1 aromatic heterocycles. The van der Waals surface area contributed by atoms with Gasteiger partial charge in [-0.05, 0) is 73.2 Å². The number of aromatic nitrogens is 1. The first-order valence-electron chi connectivity index (χ1n) is 12.2. The fourth-order valence-corrected chi connectivity index (χ4v) is 4.77. The summed E-state index contributed by atoms with van der Waals surface area (Å²) in [6, 6.07) is 20.7. The number of amides is 1. The van der Waals surface area contributed by atoms with E-state index in [9.17, 15) is 4.79 Å². The zero-order chi connectivity index (χ0) is 23.2. The normalized spacial score (nSPS) is 18.1. The van der Waals surface area contributed by atoms with Crippen LogP contribution in [0.25, 0.3) is 0 Å². The quantitative estimate of drug-likeness (QED) is 0.563. The second-order valence-corrected chi connectivity index (χ2v) is 9.15. The lowest BCUT2D eigenvalue weighted by atomic mass is 10.0. The second kappa shape index (κ2) is 10.7. The molecule has 1 fully saturated rings. The summed E-state index contributed by atoms with van der Waals surface area (Å²) in [5.41, 5.74) is 4.17. The van der Waals surface area contributed by atoms with Crippen molar-refractivity contribution in [3.63, 3.8) is 0 Å². The Morgan fingerprint density at radius 3 is 2.62 bits per heavy atom. The lowest BCUT2D eigenvalue weighted by Crippen LogP contribution is -2.46. The van der Waals surface area contributed by atoms with Gasteiger partial charge in [-0.3, -0.25) is 9.78 Å². The lowest BCUT2D eigenvalue weighted by molar-refractivity contribution is 0.0951. The Kier molecular flexibility index (Phi) is 7.05. The number of para-hydroxylation sites is 1. The van der Waals surface area contributed by atoms with Crippen LogP contribution < -0.4 is 20.3 Å². The molecule has 1 amide bonds. The maximum absolute atomic E-state index is 12.5. The molecule has 1 atom stereocenters. The summed E-state index contributed by atoms with van der Waals surface area (Å²) in [6.07, 6.45) is 8.14. The number of hydrogen-bond acceptors (Lipinski definition) is 5. The van der Waals surface area contributed by atoms with Crippen LogP contribution in [0.4, 0.5) is 5.69 Å². The van der Waals surface area contributed by atoms with Crippen LogP contribution in [0.2, 0.25) is 0 Å². The van der Waals surface area contributed by atoms with Gasteiger partial charge in [-0.1, -0.05) is 24.3 Å². The lowest BCUT2D eigenvalue weighted by Gasteiger charge is -2.35. The van der Waals surface area contributed by atoms with Gasteiger partial charge in [0, 0.05) is 55.9 Å². The molecule has 0 radical (unpaired) electrons. The summed E-state index contributed by atoms with van der Waals surface area (Å²) in [5.74, 6) is 0.982. The number of fused-ring (bicyclic) bond motifs is 1. The highest BCUT2D eigenvalue weighted by Gasteiger charge is 2.23. The third-order valence-electron chi connectivity index (χ3n) is 6.80. The van der Waals surface area contributed by atoms with Crippen LogP contribution in [0.15, 0.2) is 73.1 Å². The predicted molar refractivity (Wildman–Crippen MR) is 134 cm³/mol. The Bertz CT molecular complexity index is 1080. The summed E-state index contributed by atoms with van der Waals surface area (Å²) in [4.78, 5) is 18.9. The van der Waals surface area contributed by atoms with Gasteiger partial charge in [0.2, 0.25) is 0 Å². The third-order valence-corrected chi connectivity index (χ3v) is 6.80. The highest BCUT2D eigenvalue weighted by atomic mass is 16.5. The number of anilines is 1. The smallest absolute Gasteiger partial charge is 0.251 e. The van der Waals surface area contributed by atoms with Crippen molar-refractivity contribution in [2.24, 2.45) is 0 Å². The first-order chi connectivity index (χ1) is 16.7. The number of carbonyl (C=O) groups excluding carboxylic acids is 1. The summed E-state index contributed by atoms with van der Waals surface area (Å²) in [7, 11) is 0. The number of nitrogens with one attached hydrogen (secondary N) is 2. The van der Waals surface area contributed by atoms with Crippen LogP contribution in [-0.4, -0.2) is 42.7 Å². The van der Waals surface area contributed by atoms with Gasteiger partial charge >= 0.3 is 0 Å². The predicted octanol–water partition coefficient (Wildman–Crippen LogP) is 3.96. The molecular weight excluding hydrogens is 424 g/mol. The molecule has 0 unspecified atom stereocenters. The van der Waals surface area contributed by atoms with Crippen molar-refractivity contribution in [1.82, 2.24) is 15.6 Å². The Labute approximate surface area is 201 Å². The molecule has 34 heavy (non-hydrogen) atoms. The largest absolute Gasteiger partial charge is 0.489 e. The number of piperidine rings is 1. The first-order valence-corrected chi connectivity index (χ1v) is 12.2. The van der Waals surface area contributed by atoms with Crippen molar-refractivity contribution in [2.45, 2.75) is 44.4 Å². The molecule has 6 heteroatoms. The SMILES string of the molecule is O=C(NCc1cccnc1)c1ccc(N2CCC(NC[C@H]3CCc4ccccc4O3)CC2)cc1. The molecule has 2 aliphatic heterocycles. The van der Waals surface area contributed by atoms with E-state index < -0.39 is 0 Å². The first kappa shape index (κ1) is 22.4. The van der Waals surface area contributed by atoms with E-state index in [0.29, 0.717) is 18.2 Å². The van der Waals surface area contributed by atoms with E-state index in [0.717, 1.165) is 56.6 Å². The van der Waals surface area contributed by atoms with Gasteiger partial charge in [-0.2, -0.15) is 0 Å². The molecule has 0 saturated carbocycles. The number of benzene rings is 2. The monoisotopic (exact) mass is 456 g/mol. The van der Waals surface area contributed by atoms with E-state index in [2.05, 4.69) is 50.8 Å². The summed E-state index contributed by atoms with van der Waals surface area (Å²) in [6.45, 7) is 3.41. The minimum absolute atomic E-state index is 0.0640. The number of carbonyl (C=O) groups is 1. The van der Waals surface area contributed by atoms with Gasteiger partial charge < -0.3 is 20.3 Å². The molecule has 1 saturated heterocycles. The fourth-order valence-electron chi connectivity index (χ4n) is 4.77. The van der Waals surface area contributed by atoms with Crippen LogP contribution in [-0.2, 0) is 13.0 Å². The molecule has 2 N–H and O–H groups in total. The van der Waals surface area contributed by atoms with E-state index in [1.165, 1.54) is 11.3 Å². The highest BCUT2D eigenvalue weighted by Crippen LogP contribution is 2.27. The van der Waals surface area contributed by atoms with Crippen LogP contribution >= 0.6 is 0 Å². The maximum Gasteiger partial charge on any atom is 0.251 e. The Hall–Kier alpha value is -3.38. The Balaban J connectivity index is 1.05. The van der Waals surface area contributed by atoms with Gasteiger partial charge in [0.05, 0.1) is 0 Å². The standard InChI is InChI=1S/C28H32N4O2/c33-28(31-19-21-4-3-15-29-18-21)23-7-10-25(11-8-23)32-16-13-24(14-17-32)30-20-26-12-9-22-5-1-2-6-27(22)34-26/h1-8,10-11,15,18,24,26,30H,9,12-14,16-17,19-20H2,(H,31,33)/t26-/m1/s1. The van der Waals surface area contributed by atoms with E-state index in [4.69, 9.17) is 4.74 Å². The fraction of sp³-hybridized carbons (Fsp3) is 0.357. The number of ether oxygens (including phenoxy) is 1. The van der Waals surface area contributed by atoms with Crippen molar-refractivity contribution in [1.29, 1.82) is 0 Å². The number of rotatable bonds is 7. The van der Waals surface area contributed by atoms with E-state index in [1.54, 1.807) is 12.4 Å². The van der Waals surface area contributed by atoms with E-state index >= 15 is 0 Å². The van der Waals surface area contributed by atoms with Gasteiger partial charge in [0.15, 0.2) is 0 Å². The number of pyridine rings is 1. The number of hydrogen-bond donors (Lipinski definition) is 2. The topological polar surface area (TPSA) is 66.5 Å². The molecule has 3 heterocycles. The average molecular weight is 457 g/mol. The van der Waals surface area contributed by atoms with Crippen molar-refractivity contribution in [2.75, 3.05) is 24.5 Å². The molecule has 0 aliphatic carbocycles. The van der Waals surface area contributed by atoms with Crippen molar-refractivity contribution < 1.29 is 9.53 Å². The van der Waals surface area contributed by atoms with Gasteiger partial charge in [-0.15, -0.1) is 0 Å². The zero-order valence-electron chi connectivity index (χ0n) is 19.5. The molecule has 2 aromatic carbocycles. The van der Waals surface area contributed by atoms with Gasteiger partial charge in [0.1, 0.15) is 11.9 Å². The minimum atomic E-state index is -0.0640. The highest BCUT2D eigenvalue weighted by molar-refractivity contribution is 5.94. The molecule has 6 nitrogen and oxygen atoms in total. The molecule has 5 rings (SSSR count). The summed E-state index contributed by atoms with van der Waals surface area (Å²) in [5, 5.41) is 6.69. The molecule has 0 spiro atoms. The number of aryl methyl sites for hydroxylation is 1. The summed E-state index contributed by atoms with van der Waals surface area (Å²) >= 11 is 0. The van der Waals surface area contributed by atoms with Crippen LogP contribution in [0, 0.1) is 0 Å². The Morgan fingerprint density at radius 1 is 1.00 bits per heavy atom. The molecule has 176 valence electrons. The van der Waals surface area contributed by atoms with Crippen molar-refractivity contribution >= 4 is 11.6 Å². The van der Waals surface area contributed by atoms with Crippen molar-refractivity contribution in [3.8, 4) is 5.75 Å². The minimum Gasteiger partial charge on any atom is -0.489 e. The number of nitrogens with zero attached hydrogens (tertiary/aromatic N) is 2. The molecule has 3 aromatic rings. The molecular formula is C28H32N4O2. The van der Waals surface area contributed by atoms with Crippen LogP contribution in [0.3, 0.4) is 0 Å². The van der Waals surface area contributed by atoms with Crippen LogP contribution in [0.1, 0.15) is 40.7 Å².